The van der Waals surface area contributed by atoms with Crippen LogP contribution in [-0.2, 0) is 27.4 Å². The molecule has 3 heterocycles. The number of amides is 2. The molecule has 0 aliphatic carbocycles. The molecule has 0 bridgehead atoms. The van der Waals surface area contributed by atoms with Crippen LogP contribution in [-0.4, -0.2) is 51.0 Å². The number of para-hydroxylation sites is 1. The zero-order valence-electron chi connectivity index (χ0n) is 20.2. The van der Waals surface area contributed by atoms with Gasteiger partial charge in [-0.25, -0.2) is 4.68 Å². The molecule has 2 amide bonds. The molecule has 2 aromatic carbocycles. The molecule has 36 heavy (non-hydrogen) atoms. The number of fused-ring (bicyclic) bond motifs is 1. The molecule has 1 aliphatic heterocycles. The Kier molecular flexibility index (Phi) is 7.39. The average molecular weight is 504 g/mol. The lowest BCUT2D eigenvalue weighted by Gasteiger charge is -2.31. The van der Waals surface area contributed by atoms with E-state index in [2.05, 4.69) is 15.6 Å². The van der Waals surface area contributed by atoms with Gasteiger partial charge in [-0.15, -0.1) is 16.4 Å². The first-order valence-electron chi connectivity index (χ1n) is 12.1. The zero-order valence-corrected chi connectivity index (χ0v) is 21.0. The second-order valence-corrected chi connectivity index (χ2v) is 9.94. The van der Waals surface area contributed by atoms with Gasteiger partial charge < -0.3 is 15.0 Å². The van der Waals surface area contributed by atoms with Crippen molar-refractivity contribution in [1.82, 2.24) is 25.2 Å². The number of aryl methyl sites for hydroxylation is 1. The Morgan fingerprint density at radius 3 is 2.72 bits per heavy atom. The fourth-order valence-corrected chi connectivity index (χ4v) is 5.58. The van der Waals surface area contributed by atoms with Gasteiger partial charge in [0.25, 0.3) is 0 Å². The van der Waals surface area contributed by atoms with Gasteiger partial charge in [-0.05, 0) is 54.5 Å². The largest absolute Gasteiger partial charge is 0.376 e. The predicted octanol–water partition coefficient (Wildman–Crippen LogP) is 3.87. The molecule has 0 saturated carbocycles. The average Bonchev–Trinajstić information content (AvgIpc) is 3.66. The van der Waals surface area contributed by atoms with Crippen LogP contribution in [0.1, 0.15) is 34.9 Å². The quantitative estimate of drug-likeness (QED) is 0.375. The molecule has 4 aromatic rings. The molecule has 1 N–H and O–H groups in total. The number of benzene rings is 2. The van der Waals surface area contributed by atoms with E-state index in [1.54, 1.807) is 9.58 Å². The van der Waals surface area contributed by atoms with E-state index in [0.29, 0.717) is 13.1 Å². The number of thiophene rings is 1. The van der Waals surface area contributed by atoms with Crippen LogP contribution in [0.25, 0.3) is 11.0 Å². The molecule has 1 aliphatic rings. The lowest BCUT2D eigenvalue weighted by atomic mass is 10.1. The van der Waals surface area contributed by atoms with Crippen LogP contribution in [0, 0.1) is 6.92 Å². The summed E-state index contributed by atoms with van der Waals surface area (Å²) in [6, 6.07) is 18.5. The fourth-order valence-electron chi connectivity index (χ4n) is 4.54. The first-order chi connectivity index (χ1) is 17.6. The number of aromatic nitrogens is 3. The minimum Gasteiger partial charge on any atom is -0.376 e. The predicted molar refractivity (Wildman–Crippen MR) is 138 cm³/mol. The third-order valence-electron chi connectivity index (χ3n) is 6.46. The molecular weight excluding hydrogens is 474 g/mol. The molecule has 5 rings (SSSR count). The molecule has 9 heteroatoms. The van der Waals surface area contributed by atoms with Crippen molar-refractivity contribution in [2.75, 3.05) is 13.2 Å². The molecule has 186 valence electrons. The number of carbonyl (C=O) groups excluding carboxylic acids is 2. The van der Waals surface area contributed by atoms with E-state index >= 15 is 0 Å². The van der Waals surface area contributed by atoms with Crippen LogP contribution in [0.2, 0.25) is 0 Å². The maximum atomic E-state index is 13.9. The van der Waals surface area contributed by atoms with Crippen LogP contribution >= 0.6 is 11.3 Å². The topological polar surface area (TPSA) is 89.4 Å². The Bertz CT molecular complexity index is 1330. The first-order valence-corrected chi connectivity index (χ1v) is 13.0. The minimum absolute atomic E-state index is 0.0128. The van der Waals surface area contributed by atoms with Crippen molar-refractivity contribution in [3.8, 4) is 0 Å². The number of hydrogen-bond acceptors (Lipinski definition) is 6. The number of nitrogens with zero attached hydrogens (tertiary/aromatic N) is 4. The summed E-state index contributed by atoms with van der Waals surface area (Å²) in [5.74, 6) is -0.414. The summed E-state index contributed by atoms with van der Waals surface area (Å²) in [5, 5.41) is 13.4. The van der Waals surface area contributed by atoms with Gasteiger partial charge in [0.2, 0.25) is 11.8 Å². The highest BCUT2D eigenvalue weighted by Gasteiger charge is 2.34. The van der Waals surface area contributed by atoms with E-state index in [-0.39, 0.29) is 24.5 Å². The number of hydrogen-bond donors (Lipinski definition) is 1. The van der Waals surface area contributed by atoms with Crippen molar-refractivity contribution >= 4 is 34.2 Å². The summed E-state index contributed by atoms with van der Waals surface area (Å²) in [4.78, 5) is 30.1. The van der Waals surface area contributed by atoms with Crippen molar-refractivity contribution < 1.29 is 14.3 Å². The maximum absolute atomic E-state index is 13.9. The molecule has 0 spiro atoms. The van der Waals surface area contributed by atoms with Gasteiger partial charge >= 0.3 is 0 Å². The molecule has 1 saturated heterocycles. The molecule has 1 fully saturated rings. The second-order valence-electron chi connectivity index (χ2n) is 8.99. The normalized spacial score (nSPS) is 16.2. The third-order valence-corrected chi connectivity index (χ3v) is 7.53. The van der Waals surface area contributed by atoms with E-state index in [1.165, 1.54) is 11.3 Å². The molecule has 2 aromatic heterocycles. The van der Waals surface area contributed by atoms with E-state index in [9.17, 15) is 9.59 Å². The van der Waals surface area contributed by atoms with E-state index in [4.69, 9.17) is 4.74 Å². The Balaban J connectivity index is 1.47. The molecule has 2 unspecified atom stereocenters. The van der Waals surface area contributed by atoms with Gasteiger partial charge in [-0.2, -0.15) is 0 Å². The van der Waals surface area contributed by atoms with Crippen LogP contribution in [0.4, 0.5) is 0 Å². The van der Waals surface area contributed by atoms with Crippen LogP contribution in [0.3, 0.4) is 0 Å². The Morgan fingerprint density at radius 1 is 1.17 bits per heavy atom. The number of nitrogens with one attached hydrogen (secondary N) is 1. The molecular formula is C27H29N5O3S. The maximum Gasteiger partial charge on any atom is 0.248 e. The SMILES string of the molecule is Cc1ccsc1C(C(=O)NCC1CCCO1)N(Cc1ccccc1)C(=O)Cn1nnc2ccccc21. The van der Waals surface area contributed by atoms with E-state index in [0.717, 1.165) is 46.5 Å². The highest BCUT2D eigenvalue weighted by Crippen LogP contribution is 2.31. The van der Waals surface area contributed by atoms with Gasteiger partial charge in [-0.1, -0.05) is 47.7 Å². The van der Waals surface area contributed by atoms with Crippen molar-refractivity contribution in [2.45, 2.75) is 45.0 Å². The van der Waals surface area contributed by atoms with Crippen LogP contribution < -0.4 is 5.32 Å². The summed E-state index contributed by atoms with van der Waals surface area (Å²) in [7, 11) is 0. The molecule has 2 atom stereocenters. The van der Waals surface area contributed by atoms with E-state index in [1.807, 2.05) is 73.0 Å². The van der Waals surface area contributed by atoms with Crippen molar-refractivity contribution in [2.24, 2.45) is 0 Å². The summed E-state index contributed by atoms with van der Waals surface area (Å²) in [5.41, 5.74) is 3.42. The van der Waals surface area contributed by atoms with E-state index < -0.39 is 6.04 Å². The van der Waals surface area contributed by atoms with Gasteiger partial charge in [0.15, 0.2) is 0 Å². The third kappa shape index (κ3) is 5.32. The van der Waals surface area contributed by atoms with Crippen molar-refractivity contribution in [1.29, 1.82) is 0 Å². The molecule has 8 nitrogen and oxygen atoms in total. The summed E-state index contributed by atoms with van der Waals surface area (Å²) in [6.45, 7) is 3.40. The Morgan fingerprint density at radius 2 is 1.97 bits per heavy atom. The number of carbonyl (C=O) groups is 2. The summed E-state index contributed by atoms with van der Waals surface area (Å²) in [6.07, 6.45) is 1.94. The highest BCUT2D eigenvalue weighted by atomic mass is 32.1. The van der Waals surface area contributed by atoms with Gasteiger partial charge in [0, 0.05) is 24.6 Å². The second kappa shape index (κ2) is 11.0. The highest BCUT2D eigenvalue weighted by molar-refractivity contribution is 7.10. The fraction of sp³-hybridized carbons (Fsp3) is 0.333. The Labute approximate surface area is 213 Å². The Hall–Kier alpha value is -3.56. The lowest BCUT2D eigenvalue weighted by Crippen LogP contribution is -2.46. The summed E-state index contributed by atoms with van der Waals surface area (Å²) >= 11 is 1.49. The minimum atomic E-state index is -0.770. The number of ether oxygens (including phenoxy) is 1. The number of rotatable bonds is 9. The monoisotopic (exact) mass is 503 g/mol. The van der Waals surface area contributed by atoms with Gasteiger partial charge in [0.05, 0.1) is 11.6 Å². The zero-order chi connectivity index (χ0) is 24.9. The van der Waals surface area contributed by atoms with Crippen LogP contribution in [0.15, 0.2) is 66.0 Å². The smallest absolute Gasteiger partial charge is 0.248 e. The van der Waals surface area contributed by atoms with Gasteiger partial charge in [-0.3, -0.25) is 9.59 Å². The lowest BCUT2D eigenvalue weighted by molar-refractivity contribution is -0.142. The van der Waals surface area contributed by atoms with Gasteiger partial charge in [0.1, 0.15) is 18.1 Å². The molecule has 0 radical (unpaired) electrons. The van der Waals surface area contributed by atoms with Crippen molar-refractivity contribution in [3.63, 3.8) is 0 Å². The summed E-state index contributed by atoms with van der Waals surface area (Å²) < 4.78 is 7.30. The van der Waals surface area contributed by atoms with Crippen LogP contribution in [0.5, 0.6) is 0 Å². The standard InChI is InChI=1S/C27H29N5O3S/c1-19-13-15-36-26(19)25(27(34)28-16-21-10-7-14-35-21)31(17-20-8-3-2-4-9-20)24(33)18-32-23-12-6-5-11-22(23)29-30-32/h2-6,8-9,11-13,15,21,25H,7,10,14,16-18H2,1H3,(H,28,34). The van der Waals surface area contributed by atoms with Crippen molar-refractivity contribution in [3.05, 3.63) is 82.0 Å². The first kappa shape index (κ1) is 24.1.